The minimum Gasteiger partial charge on any atom is -0.490 e. The Balaban J connectivity index is 3.10. The van der Waals surface area contributed by atoms with Crippen LogP contribution in [0.2, 0.25) is 0 Å². The Morgan fingerprint density at radius 1 is 1.53 bits per heavy atom. The number of carbonyl (C=O) groups excluding carboxylic acids is 1. The molecule has 0 fully saturated rings. The van der Waals surface area contributed by atoms with Crippen LogP contribution >= 0.6 is 0 Å². The lowest BCUT2D eigenvalue weighted by molar-refractivity contribution is -0.119. The highest BCUT2D eigenvalue weighted by molar-refractivity contribution is 5.81. The van der Waals surface area contributed by atoms with Crippen molar-refractivity contribution in [3.8, 4) is 5.75 Å². The van der Waals surface area contributed by atoms with E-state index < -0.39 is 0 Å². The summed E-state index contributed by atoms with van der Waals surface area (Å²) in [6.45, 7) is 2.89. The van der Waals surface area contributed by atoms with Crippen LogP contribution in [0.1, 0.15) is 13.3 Å². The molecule has 0 aromatic carbocycles. The second kappa shape index (κ2) is 7.37. The van der Waals surface area contributed by atoms with Crippen LogP contribution in [-0.4, -0.2) is 43.1 Å². The molecule has 4 N–H and O–H groups in total. The number of hydrogen-bond acceptors (Lipinski definition) is 7. The minimum atomic E-state index is -0.101. The first kappa shape index (κ1) is 15.0. The van der Waals surface area contributed by atoms with E-state index in [-0.39, 0.29) is 12.5 Å². The standard InChI is InChI=1S/C11H20N6O2/c1-4-5-17(6-8(18)13-2)11-9(19-3)10(16-12)14-7-15-11/h7H,4-6,12H2,1-3H3,(H,13,18)(H,14,15,16). The lowest BCUT2D eigenvalue weighted by Crippen LogP contribution is -2.37. The van der Waals surface area contributed by atoms with Crippen LogP contribution in [0.4, 0.5) is 11.6 Å². The highest BCUT2D eigenvalue weighted by Crippen LogP contribution is 2.31. The molecule has 0 saturated heterocycles. The number of methoxy groups -OCH3 is 1. The number of nitrogens with one attached hydrogen (secondary N) is 2. The van der Waals surface area contributed by atoms with Gasteiger partial charge in [0.1, 0.15) is 6.33 Å². The number of hydrazine groups is 1. The van der Waals surface area contributed by atoms with Crippen molar-refractivity contribution in [2.24, 2.45) is 5.84 Å². The second-order valence-corrected chi connectivity index (χ2v) is 3.82. The molecule has 8 nitrogen and oxygen atoms in total. The van der Waals surface area contributed by atoms with Gasteiger partial charge in [-0.2, -0.15) is 0 Å². The third-order valence-corrected chi connectivity index (χ3v) is 2.53. The number of nitrogens with zero attached hydrogens (tertiary/aromatic N) is 3. The van der Waals surface area contributed by atoms with E-state index in [0.29, 0.717) is 23.9 Å². The van der Waals surface area contributed by atoms with Gasteiger partial charge >= 0.3 is 0 Å². The Bertz CT molecular complexity index is 426. The molecule has 0 aliphatic rings. The average molecular weight is 268 g/mol. The van der Waals surface area contributed by atoms with Gasteiger partial charge < -0.3 is 20.4 Å². The molecular weight excluding hydrogens is 248 g/mol. The van der Waals surface area contributed by atoms with Crippen molar-refractivity contribution in [1.29, 1.82) is 0 Å². The Morgan fingerprint density at radius 3 is 2.79 bits per heavy atom. The van der Waals surface area contributed by atoms with Gasteiger partial charge in [0.25, 0.3) is 0 Å². The summed E-state index contributed by atoms with van der Waals surface area (Å²) in [6, 6.07) is 0. The molecule has 1 aromatic rings. The van der Waals surface area contributed by atoms with Gasteiger partial charge in [0.15, 0.2) is 11.6 Å². The van der Waals surface area contributed by atoms with Crippen molar-refractivity contribution in [3.63, 3.8) is 0 Å². The molecule has 0 radical (unpaired) electrons. The van der Waals surface area contributed by atoms with Gasteiger partial charge in [-0.25, -0.2) is 15.8 Å². The summed E-state index contributed by atoms with van der Waals surface area (Å²) in [5.41, 5.74) is 2.45. The zero-order valence-electron chi connectivity index (χ0n) is 11.4. The van der Waals surface area contributed by atoms with Crippen molar-refractivity contribution < 1.29 is 9.53 Å². The SMILES string of the molecule is CCCN(CC(=O)NC)c1ncnc(NN)c1OC. The van der Waals surface area contributed by atoms with Crippen LogP contribution in [0.3, 0.4) is 0 Å². The second-order valence-electron chi connectivity index (χ2n) is 3.82. The fourth-order valence-electron chi connectivity index (χ4n) is 1.66. The normalized spacial score (nSPS) is 9.89. The molecule has 1 heterocycles. The molecule has 0 spiro atoms. The van der Waals surface area contributed by atoms with Crippen molar-refractivity contribution in [2.45, 2.75) is 13.3 Å². The molecule has 0 bridgehead atoms. The maximum absolute atomic E-state index is 11.5. The zero-order chi connectivity index (χ0) is 14.3. The van der Waals surface area contributed by atoms with Crippen molar-refractivity contribution in [3.05, 3.63) is 6.33 Å². The molecule has 0 aliphatic carbocycles. The largest absolute Gasteiger partial charge is 0.490 e. The molecule has 106 valence electrons. The zero-order valence-corrected chi connectivity index (χ0v) is 11.4. The van der Waals surface area contributed by atoms with Gasteiger partial charge in [0.2, 0.25) is 11.7 Å². The van der Waals surface area contributed by atoms with E-state index in [1.807, 2.05) is 11.8 Å². The summed E-state index contributed by atoms with van der Waals surface area (Å²) in [5, 5.41) is 2.58. The van der Waals surface area contributed by atoms with Crippen LogP contribution < -0.4 is 26.2 Å². The maximum atomic E-state index is 11.5. The van der Waals surface area contributed by atoms with Crippen LogP contribution in [0.5, 0.6) is 5.75 Å². The first-order valence-corrected chi connectivity index (χ1v) is 5.99. The summed E-state index contributed by atoms with van der Waals surface area (Å²) < 4.78 is 5.27. The maximum Gasteiger partial charge on any atom is 0.239 e. The lowest BCUT2D eigenvalue weighted by Gasteiger charge is -2.24. The summed E-state index contributed by atoms with van der Waals surface area (Å²) in [4.78, 5) is 21.5. The molecule has 0 unspecified atom stereocenters. The van der Waals surface area contributed by atoms with Gasteiger partial charge in [0, 0.05) is 13.6 Å². The monoisotopic (exact) mass is 268 g/mol. The molecule has 1 amide bonds. The fourth-order valence-corrected chi connectivity index (χ4v) is 1.66. The Hall–Kier alpha value is -2.09. The van der Waals surface area contributed by atoms with E-state index in [1.54, 1.807) is 7.05 Å². The summed E-state index contributed by atoms with van der Waals surface area (Å²) in [5.74, 6) is 6.61. The summed E-state index contributed by atoms with van der Waals surface area (Å²) in [7, 11) is 3.10. The molecule has 0 saturated carbocycles. The Labute approximate surface area is 112 Å². The molecule has 1 aromatic heterocycles. The highest BCUT2D eigenvalue weighted by Gasteiger charge is 2.19. The first-order valence-electron chi connectivity index (χ1n) is 5.99. The predicted molar refractivity (Wildman–Crippen MR) is 73.0 cm³/mol. The first-order chi connectivity index (χ1) is 9.17. The lowest BCUT2D eigenvalue weighted by atomic mass is 10.3. The van der Waals surface area contributed by atoms with Crippen molar-refractivity contribution >= 4 is 17.5 Å². The van der Waals surface area contributed by atoms with Crippen LogP contribution in [0.15, 0.2) is 6.33 Å². The van der Waals surface area contributed by atoms with E-state index in [2.05, 4.69) is 20.7 Å². The molecule has 0 aliphatic heterocycles. The van der Waals surface area contributed by atoms with Gasteiger partial charge in [-0.15, -0.1) is 0 Å². The van der Waals surface area contributed by atoms with Crippen LogP contribution in [0.25, 0.3) is 0 Å². The third kappa shape index (κ3) is 3.68. The molecule has 0 atom stereocenters. The Morgan fingerprint density at radius 2 is 2.26 bits per heavy atom. The number of hydrogen-bond donors (Lipinski definition) is 3. The quantitative estimate of drug-likeness (QED) is 0.462. The average Bonchev–Trinajstić information content (AvgIpc) is 2.45. The smallest absolute Gasteiger partial charge is 0.239 e. The number of anilines is 2. The number of carbonyl (C=O) groups is 1. The van der Waals surface area contributed by atoms with E-state index in [1.165, 1.54) is 13.4 Å². The number of aromatic nitrogens is 2. The van der Waals surface area contributed by atoms with E-state index in [0.717, 1.165) is 6.42 Å². The number of nitrogen functional groups attached to an aromatic ring is 1. The van der Waals surface area contributed by atoms with Crippen LogP contribution in [-0.2, 0) is 4.79 Å². The summed E-state index contributed by atoms with van der Waals surface area (Å²) in [6.07, 6.45) is 2.25. The third-order valence-electron chi connectivity index (χ3n) is 2.53. The fraction of sp³-hybridized carbons (Fsp3) is 0.545. The molecule has 1 rings (SSSR count). The molecule has 8 heteroatoms. The number of likely N-dealkylation sites (N-methyl/N-ethyl adjacent to an activating group) is 1. The number of nitrogens with two attached hydrogens (primary N) is 1. The van der Waals surface area contributed by atoms with Gasteiger partial charge in [-0.05, 0) is 6.42 Å². The predicted octanol–water partition coefficient (Wildman–Crippen LogP) is -0.267. The van der Waals surface area contributed by atoms with Gasteiger partial charge in [-0.3, -0.25) is 4.79 Å². The number of amides is 1. The number of ether oxygens (including phenoxy) is 1. The Kier molecular flexibility index (Phi) is 5.80. The van der Waals surface area contributed by atoms with Crippen molar-refractivity contribution in [1.82, 2.24) is 15.3 Å². The van der Waals surface area contributed by atoms with Crippen LogP contribution in [0, 0.1) is 0 Å². The molecular formula is C11H20N6O2. The van der Waals surface area contributed by atoms with E-state index >= 15 is 0 Å². The number of rotatable bonds is 7. The van der Waals surface area contributed by atoms with E-state index in [9.17, 15) is 4.79 Å². The van der Waals surface area contributed by atoms with Gasteiger partial charge in [-0.1, -0.05) is 6.92 Å². The van der Waals surface area contributed by atoms with Gasteiger partial charge in [0.05, 0.1) is 13.7 Å². The van der Waals surface area contributed by atoms with E-state index in [4.69, 9.17) is 10.6 Å². The minimum absolute atomic E-state index is 0.101. The summed E-state index contributed by atoms with van der Waals surface area (Å²) >= 11 is 0. The molecule has 19 heavy (non-hydrogen) atoms. The van der Waals surface area contributed by atoms with Crippen molar-refractivity contribution in [2.75, 3.05) is 37.6 Å². The highest BCUT2D eigenvalue weighted by atomic mass is 16.5. The topological polar surface area (TPSA) is 105 Å².